The van der Waals surface area contributed by atoms with Gasteiger partial charge >= 0.3 is 0 Å². The highest BCUT2D eigenvalue weighted by Crippen LogP contribution is 2.12. The first-order chi connectivity index (χ1) is 9.10. The maximum atomic E-state index is 4.58. The first kappa shape index (κ1) is 13.6. The van der Waals surface area contributed by atoms with E-state index >= 15 is 0 Å². The molecule has 104 valence electrons. The maximum Gasteiger partial charge on any atom is 0.148 e. The molecule has 0 fully saturated rings. The summed E-state index contributed by atoms with van der Waals surface area (Å²) in [6.07, 6.45) is 1.84. The number of hydrogen-bond acceptors (Lipinski definition) is 3. The second-order valence-corrected chi connectivity index (χ2v) is 5.24. The van der Waals surface area contributed by atoms with Crippen LogP contribution in [0.2, 0.25) is 0 Å². The smallest absolute Gasteiger partial charge is 0.148 e. The first-order valence-corrected chi connectivity index (χ1v) is 6.89. The Morgan fingerprint density at radius 2 is 2.11 bits per heavy atom. The minimum absolute atomic E-state index is 0.605. The number of hydrogen-bond donors (Lipinski definition) is 1. The molecular weight excluding hydrogens is 238 g/mol. The molecule has 0 aliphatic rings. The van der Waals surface area contributed by atoms with Crippen molar-refractivity contribution in [2.75, 3.05) is 5.32 Å². The van der Waals surface area contributed by atoms with Crippen LogP contribution in [0.1, 0.15) is 32.2 Å². The van der Waals surface area contributed by atoms with Crippen LogP contribution in [-0.2, 0) is 19.6 Å². The van der Waals surface area contributed by atoms with Gasteiger partial charge in [-0.3, -0.25) is 9.36 Å². The largest absolute Gasteiger partial charge is 0.363 e. The fourth-order valence-corrected chi connectivity index (χ4v) is 2.10. The van der Waals surface area contributed by atoms with Crippen LogP contribution in [-0.4, -0.2) is 19.6 Å². The molecule has 0 aliphatic heterocycles. The Morgan fingerprint density at radius 3 is 2.79 bits per heavy atom. The standard InChI is InChI=1S/C14H23N5/c1-5-18-13(6-7-16-18)9-15-14-8-12(4)19(17-14)10-11(2)3/h6-8,11H,5,9-10H2,1-4H3,(H,15,17). The van der Waals surface area contributed by atoms with E-state index in [1.54, 1.807) is 0 Å². The lowest BCUT2D eigenvalue weighted by atomic mass is 10.2. The van der Waals surface area contributed by atoms with Crippen molar-refractivity contribution in [3.8, 4) is 0 Å². The van der Waals surface area contributed by atoms with E-state index < -0.39 is 0 Å². The Kier molecular flexibility index (Phi) is 4.24. The van der Waals surface area contributed by atoms with Gasteiger partial charge in [0.2, 0.25) is 0 Å². The van der Waals surface area contributed by atoms with E-state index in [0.717, 1.165) is 25.5 Å². The van der Waals surface area contributed by atoms with Gasteiger partial charge in [-0.05, 0) is 25.8 Å². The Balaban J connectivity index is 2.00. The summed E-state index contributed by atoms with van der Waals surface area (Å²) >= 11 is 0. The average Bonchev–Trinajstić information content (AvgIpc) is 2.93. The average molecular weight is 261 g/mol. The van der Waals surface area contributed by atoms with E-state index in [2.05, 4.69) is 54.0 Å². The fourth-order valence-electron chi connectivity index (χ4n) is 2.10. The topological polar surface area (TPSA) is 47.7 Å². The molecule has 5 heteroatoms. The van der Waals surface area contributed by atoms with Crippen LogP contribution >= 0.6 is 0 Å². The van der Waals surface area contributed by atoms with Gasteiger partial charge in [-0.25, -0.2) is 0 Å². The maximum absolute atomic E-state index is 4.58. The lowest BCUT2D eigenvalue weighted by molar-refractivity contribution is 0.475. The normalized spacial score (nSPS) is 11.2. The van der Waals surface area contributed by atoms with Crippen molar-refractivity contribution < 1.29 is 0 Å². The van der Waals surface area contributed by atoms with Crippen molar-refractivity contribution in [1.29, 1.82) is 0 Å². The van der Waals surface area contributed by atoms with Crippen LogP contribution < -0.4 is 5.32 Å². The van der Waals surface area contributed by atoms with Crippen LogP contribution in [0.5, 0.6) is 0 Å². The molecule has 2 rings (SSSR count). The van der Waals surface area contributed by atoms with E-state index in [1.165, 1.54) is 11.4 Å². The number of nitrogens with one attached hydrogen (secondary N) is 1. The van der Waals surface area contributed by atoms with Gasteiger partial charge in [0.1, 0.15) is 5.82 Å². The van der Waals surface area contributed by atoms with Gasteiger partial charge < -0.3 is 5.32 Å². The van der Waals surface area contributed by atoms with Crippen LogP contribution in [0.4, 0.5) is 5.82 Å². The van der Waals surface area contributed by atoms with Gasteiger partial charge in [0.05, 0.1) is 12.2 Å². The van der Waals surface area contributed by atoms with E-state index in [9.17, 15) is 0 Å². The lowest BCUT2D eigenvalue weighted by Crippen LogP contribution is -2.10. The molecule has 2 heterocycles. The number of nitrogens with zero attached hydrogens (tertiary/aromatic N) is 4. The third-order valence-electron chi connectivity index (χ3n) is 3.07. The first-order valence-electron chi connectivity index (χ1n) is 6.89. The quantitative estimate of drug-likeness (QED) is 0.869. The highest BCUT2D eigenvalue weighted by Gasteiger charge is 2.06. The molecule has 0 aliphatic carbocycles. The van der Waals surface area contributed by atoms with Crippen LogP contribution in [0.3, 0.4) is 0 Å². The van der Waals surface area contributed by atoms with Gasteiger partial charge in [-0.15, -0.1) is 0 Å². The molecule has 0 saturated heterocycles. The SMILES string of the molecule is CCn1nccc1CNc1cc(C)n(CC(C)C)n1. The zero-order valence-electron chi connectivity index (χ0n) is 12.2. The van der Waals surface area contributed by atoms with Crippen LogP contribution in [0, 0.1) is 12.8 Å². The Hall–Kier alpha value is -1.78. The molecule has 2 aromatic rings. The summed E-state index contributed by atoms with van der Waals surface area (Å²) < 4.78 is 4.05. The molecule has 0 radical (unpaired) electrons. The highest BCUT2D eigenvalue weighted by atomic mass is 15.3. The lowest BCUT2D eigenvalue weighted by Gasteiger charge is -2.07. The molecule has 2 aromatic heterocycles. The number of rotatable bonds is 6. The van der Waals surface area contributed by atoms with Crippen molar-refractivity contribution in [2.24, 2.45) is 5.92 Å². The summed E-state index contributed by atoms with van der Waals surface area (Å²) in [6, 6.07) is 4.13. The molecule has 0 bridgehead atoms. The second-order valence-electron chi connectivity index (χ2n) is 5.24. The number of aromatic nitrogens is 4. The van der Waals surface area contributed by atoms with Gasteiger partial charge in [0.15, 0.2) is 0 Å². The minimum Gasteiger partial charge on any atom is -0.363 e. The van der Waals surface area contributed by atoms with Gasteiger partial charge in [0, 0.05) is 31.0 Å². The Bertz CT molecular complexity index is 524. The molecule has 1 N–H and O–H groups in total. The van der Waals surface area contributed by atoms with E-state index in [-0.39, 0.29) is 0 Å². The fraction of sp³-hybridized carbons (Fsp3) is 0.571. The predicted octanol–water partition coefficient (Wildman–Crippen LogP) is 2.68. The van der Waals surface area contributed by atoms with Gasteiger partial charge in [-0.2, -0.15) is 10.2 Å². The molecule has 0 unspecified atom stereocenters. The zero-order valence-corrected chi connectivity index (χ0v) is 12.2. The van der Waals surface area contributed by atoms with E-state index in [4.69, 9.17) is 0 Å². The van der Waals surface area contributed by atoms with E-state index in [1.807, 2.05) is 16.9 Å². The number of anilines is 1. The van der Waals surface area contributed by atoms with Crippen molar-refractivity contribution in [3.63, 3.8) is 0 Å². The molecule has 0 atom stereocenters. The summed E-state index contributed by atoms with van der Waals surface area (Å²) in [4.78, 5) is 0. The summed E-state index contributed by atoms with van der Waals surface area (Å²) in [6.45, 7) is 11.2. The molecule has 0 spiro atoms. The second kappa shape index (κ2) is 5.91. The van der Waals surface area contributed by atoms with Gasteiger partial charge in [-0.1, -0.05) is 13.8 Å². The van der Waals surface area contributed by atoms with E-state index in [0.29, 0.717) is 5.92 Å². The molecule has 0 saturated carbocycles. The van der Waals surface area contributed by atoms with Crippen molar-refractivity contribution in [3.05, 3.63) is 29.7 Å². The predicted molar refractivity (Wildman–Crippen MR) is 77.0 cm³/mol. The molecule has 19 heavy (non-hydrogen) atoms. The number of aryl methyl sites for hydroxylation is 2. The Labute approximate surface area is 114 Å². The van der Waals surface area contributed by atoms with Crippen molar-refractivity contribution >= 4 is 5.82 Å². The molecular formula is C14H23N5. The molecule has 0 amide bonds. The highest BCUT2D eigenvalue weighted by molar-refractivity contribution is 5.36. The van der Waals surface area contributed by atoms with Gasteiger partial charge in [0.25, 0.3) is 0 Å². The third-order valence-corrected chi connectivity index (χ3v) is 3.07. The summed E-state index contributed by atoms with van der Waals surface area (Å²) in [5.74, 6) is 1.54. The molecule has 5 nitrogen and oxygen atoms in total. The third kappa shape index (κ3) is 3.36. The summed E-state index contributed by atoms with van der Waals surface area (Å²) in [5.41, 5.74) is 2.37. The Morgan fingerprint density at radius 1 is 1.32 bits per heavy atom. The zero-order chi connectivity index (χ0) is 13.8. The van der Waals surface area contributed by atoms with Crippen molar-refractivity contribution in [1.82, 2.24) is 19.6 Å². The van der Waals surface area contributed by atoms with Crippen molar-refractivity contribution in [2.45, 2.75) is 47.3 Å². The minimum atomic E-state index is 0.605. The summed E-state index contributed by atoms with van der Waals surface area (Å²) in [7, 11) is 0. The summed E-state index contributed by atoms with van der Waals surface area (Å²) in [5, 5.41) is 12.2. The molecule has 0 aromatic carbocycles. The van der Waals surface area contributed by atoms with Crippen LogP contribution in [0.15, 0.2) is 18.3 Å². The van der Waals surface area contributed by atoms with Crippen LogP contribution in [0.25, 0.3) is 0 Å². The monoisotopic (exact) mass is 261 g/mol.